The number of halogens is 2. The minimum atomic E-state index is -2.29. The molecular weight excluding hydrogens is 304 g/mol. The molecule has 2 nitrogen and oxygen atoms in total. The molecule has 1 aromatic rings. The summed E-state index contributed by atoms with van der Waals surface area (Å²) in [5.74, 6) is -1.50. The SMILES string of the molecule is CO[Si](Br)(Br)Oc1ccccc1. The van der Waals surface area contributed by atoms with Gasteiger partial charge in [0.25, 0.3) is 0 Å². The maximum Gasteiger partial charge on any atom is 0.552 e. The third kappa shape index (κ3) is 3.26. The van der Waals surface area contributed by atoms with Crippen LogP contribution in [0.2, 0.25) is 0 Å². The fourth-order valence-electron chi connectivity index (χ4n) is 0.667. The minimum absolute atomic E-state index is 0.791. The van der Waals surface area contributed by atoms with E-state index in [9.17, 15) is 0 Å². The van der Waals surface area contributed by atoms with Crippen molar-refractivity contribution in [3.8, 4) is 5.75 Å². The third-order valence-corrected chi connectivity index (χ3v) is 5.08. The first-order valence-electron chi connectivity index (χ1n) is 3.31. The van der Waals surface area contributed by atoms with Crippen LogP contribution in [0, 0.1) is 0 Å². The van der Waals surface area contributed by atoms with Crippen molar-refractivity contribution in [3.63, 3.8) is 0 Å². The third-order valence-electron chi connectivity index (χ3n) is 1.22. The van der Waals surface area contributed by atoms with E-state index < -0.39 is 5.80 Å². The van der Waals surface area contributed by atoms with E-state index >= 15 is 0 Å². The van der Waals surface area contributed by atoms with Gasteiger partial charge in [-0.2, -0.15) is 0 Å². The molecule has 0 aliphatic heterocycles. The van der Waals surface area contributed by atoms with Gasteiger partial charge in [0, 0.05) is 7.11 Å². The summed E-state index contributed by atoms with van der Waals surface area (Å²) < 4.78 is 10.6. The molecule has 0 heterocycles. The first kappa shape index (κ1) is 10.2. The average Bonchev–Trinajstić information content (AvgIpc) is 2.06. The number of rotatable bonds is 3. The number of para-hydroxylation sites is 1. The second kappa shape index (κ2) is 4.41. The molecule has 1 rings (SSSR count). The second-order valence-corrected chi connectivity index (χ2v) is 13.1. The molecule has 1 aromatic carbocycles. The Labute approximate surface area is 88.3 Å². The van der Waals surface area contributed by atoms with E-state index in [1.807, 2.05) is 30.3 Å². The number of hydrogen-bond acceptors (Lipinski definition) is 2. The van der Waals surface area contributed by atoms with E-state index in [2.05, 4.69) is 30.6 Å². The van der Waals surface area contributed by atoms with Crippen LogP contribution in [0.5, 0.6) is 5.75 Å². The standard InChI is InChI=1S/C7H8Br2O2Si/c1-10-12(8,9)11-7-5-3-2-4-6-7/h2-6H,1H3. The molecule has 0 saturated carbocycles. The van der Waals surface area contributed by atoms with Gasteiger partial charge < -0.3 is 8.85 Å². The van der Waals surface area contributed by atoms with Crippen LogP contribution < -0.4 is 4.43 Å². The van der Waals surface area contributed by atoms with Crippen LogP contribution in [0.1, 0.15) is 0 Å². The molecule has 0 aliphatic rings. The van der Waals surface area contributed by atoms with Crippen molar-refractivity contribution in [3.05, 3.63) is 30.3 Å². The van der Waals surface area contributed by atoms with Gasteiger partial charge in [0.1, 0.15) is 5.75 Å². The van der Waals surface area contributed by atoms with Crippen molar-refractivity contribution in [1.82, 2.24) is 0 Å². The molecule has 12 heavy (non-hydrogen) atoms. The Kier molecular flexibility index (Phi) is 3.76. The van der Waals surface area contributed by atoms with Gasteiger partial charge in [-0.1, -0.05) is 18.2 Å². The quantitative estimate of drug-likeness (QED) is 0.631. The summed E-state index contributed by atoms with van der Waals surface area (Å²) in [6.07, 6.45) is 0. The highest BCUT2D eigenvalue weighted by Crippen LogP contribution is 2.25. The van der Waals surface area contributed by atoms with Gasteiger partial charge in [-0.05, 0) is 42.7 Å². The lowest BCUT2D eigenvalue weighted by Gasteiger charge is -2.16. The summed E-state index contributed by atoms with van der Waals surface area (Å²) >= 11 is 6.66. The van der Waals surface area contributed by atoms with Crippen molar-refractivity contribution >= 4 is 36.4 Å². The van der Waals surface area contributed by atoms with Gasteiger partial charge in [-0.15, -0.1) is 0 Å². The van der Waals surface area contributed by atoms with Crippen molar-refractivity contribution in [2.75, 3.05) is 7.11 Å². The molecule has 5 heteroatoms. The highest BCUT2D eigenvalue weighted by molar-refractivity contribution is 9.50. The molecule has 0 fully saturated rings. The van der Waals surface area contributed by atoms with Crippen molar-refractivity contribution in [2.45, 2.75) is 0 Å². The molecule has 0 atom stereocenters. The van der Waals surface area contributed by atoms with Gasteiger partial charge in [0.2, 0.25) is 0 Å². The van der Waals surface area contributed by atoms with E-state index in [-0.39, 0.29) is 0 Å². The Morgan fingerprint density at radius 3 is 2.25 bits per heavy atom. The molecule has 0 spiro atoms. The van der Waals surface area contributed by atoms with Crippen molar-refractivity contribution in [1.29, 1.82) is 0 Å². The maximum absolute atomic E-state index is 5.50. The topological polar surface area (TPSA) is 18.5 Å². The Hall–Kier alpha value is 0.157. The fraction of sp³-hybridized carbons (Fsp3) is 0.143. The summed E-state index contributed by atoms with van der Waals surface area (Å²) in [6.45, 7) is 0. The summed E-state index contributed by atoms with van der Waals surface area (Å²) in [7, 11) is 1.60. The van der Waals surface area contributed by atoms with E-state index in [1.165, 1.54) is 0 Å². The molecule has 0 radical (unpaired) electrons. The molecule has 0 N–H and O–H groups in total. The van der Waals surface area contributed by atoms with E-state index in [1.54, 1.807) is 7.11 Å². The molecule has 66 valence electrons. The molecular formula is C7H8Br2O2Si. The Balaban J connectivity index is 2.64. The Morgan fingerprint density at radius 1 is 1.17 bits per heavy atom. The Bertz CT molecular complexity index is 240. The van der Waals surface area contributed by atoms with Crippen LogP contribution in [0.15, 0.2) is 30.3 Å². The predicted molar refractivity (Wildman–Crippen MR) is 57.7 cm³/mol. The highest BCUT2D eigenvalue weighted by Gasteiger charge is 2.32. The number of hydrogen-bond donors (Lipinski definition) is 0. The zero-order valence-electron chi connectivity index (χ0n) is 6.46. The van der Waals surface area contributed by atoms with Crippen molar-refractivity contribution in [2.24, 2.45) is 0 Å². The lowest BCUT2D eigenvalue weighted by molar-refractivity contribution is 0.353. The van der Waals surface area contributed by atoms with E-state index in [4.69, 9.17) is 8.85 Å². The van der Waals surface area contributed by atoms with Crippen LogP contribution in [-0.4, -0.2) is 12.9 Å². The van der Waals surface area contributed by atoms with Crippen LogP contribution in [0.3, 0.4) is 0 Å². The van der Waals surface area contributed by atoms with Crippen LogP contribution >= 0.6 is 30.6 Å². The first-order valence-corrected chi connectivity index (χ1v) is 9.64. The summed E-state index contributed by atoms with van der Waals surface area (Å²) in [4.78, 5) is 0. The highest BCUT2D eigenvalue weighted by atomic mass is 79.9. The minimum Gasteiger partial charge on any atom is -0.505 e. The maximum atomic E-state index is 5.50. The lowest BCUT2D eigenvalue weighted by atomic mass is 10.3. The molecule has 0 bridgehead atoms. The summed E-state index contributed by atoms with van der Waals surface area (Å²) in [5.41, 5.74) is 0. The van der Waals surface area contributed by atoms with Crippen LogP contribution in [-0.2, 0) is 4.43 Å². The molecule has 0 saturated heterocycles. The predicted octanol–water partition coefficient (Wildman–Crippen LogP) is 2.94. The molecule has 0 unspecified atom stereocenters. The van der Waals surface area contributed by atoms with Gasteiger partial charge in [0.15, 0.2) is 0 Å². The lowest BCUT2D eigenvalue weighted by Crippen LogP contribution is -2.29. The largest absolute Gasteiger partial charge is 0.552 e. The zero-order chi connectivity index (χ0) is 9.03. The van der Waals surface area contributed by atoms with Gasteiger partial charge >= 0.3 is 5.80 Å². The normalized spacial score (nSPS) is 11.2. The van der Waals surface area contributed by atoms with Crippen LogP contribution in [0.4, 0.5) is 0 Å². The van der Waals surface area contributed by atoms with Crippen molar-refractivity contribution < 1.29 is 8.85 Å². The first-order chi connectivity index (χ1) is 5.64. The Morgan fingerprint density at radius 2 is 1.75 bits per heavy atom. The summed E-state index contributed by atoms with van der Waals surface area (Å²) in [5, 5.41) is 0. The van der Waals surface area contributed by atoms with Crippen LogP contribution in [0.25, 0.3) is 0 Å². The van der Waals surface area contributed by atoms with Gasteiger partial charge in [0.05, 0.1) is 0 Å². The molecule has 0 aliphatic carbocycles. The fourth-order valence-corrected chi connectivity index (χ4v) is 2.28. The second-order valence-electron chi connectivity index (χ2n) is 2.08. The van der Waals surface area contributed by atoms with E-state index in [0.717, 1.165) is 5.75 Å². The molecule has 0 amide bonds. The van der Waals surface area contributed by atoms with E-state index in [0.29, 0.717) is 0 Å². The van der Waals surface area contributed by atoms with Gasteiger partial charge in [-0.3, -0.25) is 0 Å². The monoisotopic (exact) mass is 310 g/mol. The smallest absolute Gasteiger partial charge is 0.505 e. The van der Waals surface area contributed by atoms with Gasteiger partial charge in [-0.25, -0.2) is 0 Å². The average molecular weight is 312 g/mol. The zero-order valence-corrected chi connectivity index (χ0v) is 10.6. The number of benzene rings is 1. The summed E-state index contributed by atoms with van der Waals surface area (Å²) in [6, 6.07) is 9.52. The molecule has 0 aromatic heterocycles.